The van der Waals surface area contributed by atoms with Crippen molar-refractivity contribution in [3.8, 4) is 0 Å². The molecule has 0 N–H and O–H groups in total. The molecule has 0 amide bonds. The zero-order chi connectivity index (χ0) is 4.57. The van der Waals surface area contributed by atoms with Gasteiger partial charge in [0.2, 0.25) is 0 Å². The first-order chi connectivity index (χ1) is 2.84. The van der Waals surface area contributed by atoms with E-state index in [-0.39, 0.29) is 0 Å². The first-order valence-electron chi connectivity index (χ1n) is 2.32. The zero-order valence-corrected chi connectivity index (χ0v) is 4.07. The van der Waals surface area contributed by atoms with Gasteiger partial charge < -0.3 is 0 Å². The average Bonchev–Trinajstić information content (AvgIpc) is 2.19. The Hall–Kier alpha value is -0.260. The Bertz CT molecular complexity index is 64.4. The highest BCUT2D eigenvalue weighted by molar-refractivity contribution is 5.23. The third-order valence-electron chi connectivity index (χ3n) is 1.28. The van der Waals surface area contributed by atoms with Gasteiger partial charge in [-0.1, -0.05) is 13.0 Å². The fourth-order valence-corrected chi connectivity index (χ4v) is 0.579. The second-order valence-corrected chi connectivity index (χ2v) is 1.88. The molecule has 0 spiro atoms. The standard InChI is InChI=1S/C6H9/c1-3-6-4-5(6)2/h3,5H,1,4H2,2H3. The van der Waals surface area contributed by atoms with Crippen molar-refractivity contribution in [2.45, 2.75) is 13.3 Å². The summed E-state index contributed by atoms with van der Waals surface area (Å²) in [6.45, 7) is 5.86. The topological polar surface area (TPSA) is 0 Å². The van der Waals surface area contributed by atoms with E-state index in [1.807, 2.05) is 6.08 Å². The van der Waals surface area contributed by atoms with Crippen LogP contribution < -0.4 is 0 Å². The molecule has 0 nitrogen and oxygen atoms in total. The van der Waals surface area contributed by atoms with Crippen molar-refractivity contribution in [3.05, 3.63) is 18.6 Å². The van der Waals surface area contributed by atoms with E-state index in [9.17, 15) is 0 Å². The van der Waals surface area contributed by atoms with Gasteiger partial charge in [0.15, 0.2) is 0 Å². The van der Waals surface area contributed by atoms with Crippen LogP contribution in [0.4, 0.5) is 0 Å². The summed E-state index contributed by atoms with van der Waals surface area (Å²) in [5, 5.41) is 0. The van der Waals surface area contributed by atoms with E-state index in [2.05, 4.69) is 13.5 Å². The predicted octanol–water partition coefficient (Wildman–Crippen LogP) is 1.79. The molecule has 1 atom stereocenters. The molecule has 0 heterocycles. The molecule has 1 saturated carbocycles. The highest BCUT2D eigenvalue weighted by Gasteiger charge is 2.29. The second-order valence-electron chi connectivity index (χ2n) is 1.88. The van der Waals surface area contributed by atoms with Crippen LogP contribution in [0.5, 0.6) is 0 Å². The summed E-state index contributed by atoms with van der Waals surface area (Å²) in [5.74, 6) is 2.39. The minimum atomic E-state index is 0.863. The molecule has 0 aromatic carbocycles. The lowest BCUT2D eigenvalue weighted by Crippen LogP contribution is -1.59. The molecule has 1 rings (SSSR count). The van der Waals surface area contributed by atoms with Gasteiger partial charge >= 0.3 is 0 Å². The maximum atomic E-state index is 3.64. The van der Waals surface area contributed by atoms with E-state index in [1.165, 1.54) is 12.3 Å². The van der Waals surface area contributed by atoms with Gasteiger partial charge in [0.05, 0.1) is 0 Å². The highest BCUT2D eigenvalue weighted by Crippen LogP contribution is 2.40. The van der Waals surface area contributed by atoms with Crippen LogP contribution >= 0.6 is 0 Å². The Balaban J connectivity index is 2.25. The third-order valence-corrected chi connectivity index (χ3v) is 1.28. The molecule has 1 unspecified atom stereocenters. The van der Waals surface area contributed by atoms with Crippen molar-refractivity contribution >= 4 is 0 Å². The number of allylic oxidation sites excluding steroid dienone is 1. The summed E-state index contributed by atoms with van der Waals surface area (Å²) >= 11 is 0. The van der Waals surface area contributed by atoms with Crippen LogP contribution in [0, 0.1) is 11.8 Å². The number of hydrogen-bond acceptors (Lipinski definition) is 0. The van der Waals surface area contributed by atoms with Crippen LogP contribution in [0.15, 0.2) is 12.7 Å². The monoisotopic (exact) mass is 81.1 g/mol. The lowest BCUT2D eigenvalue weighted by molar-refractivity contribution is 1.00. The molecular weight excluding hydrogens is 72.1 g/mol. The SMILES string of the molecule is C=C[C]1CC1C. The third kappa shape index (κ3) is 0.469. The summed E-state index contributed by atoms with van der Waals surface area (Å²) in [6, 6.07) is 0. The molecule has 0 heteroatoms. The Kier molecular flexibility index (Phi) is 0.722. The number of rotatable bonds is 1. The van der Waals surface area contributed by atoms with Crippen molar-refractivity contribution in [3.63, 3.8) is 0 Å². The maximum Gasteiger partial charge on any atom is 0.000132 e. The average molecular weight is 81.1 g/mol. The van der Waals surface area contributed by atoms with Gasteiger partial charge in [0.1, 0.15) is 0 Å². The minimum Gasteiger partial charge on any atom is -0.102 e. The van der Waals surface area contributed by atoms with Crippen molar-refractivity contribution in [2.24, 2.45) is 5.92 Å². The lowest BCUT2D eigenvalue weighted by Gasteiger charge is -1.71. The van der Waals surface area contributed by atoms with Crippen molar-refractivity contribution in [1.29, 1.82) is 0 Å². The van der Waals surface area contributed by atoms with Gasteiger partial charge in [-0.25, -0.2) is 0 Å². The van der Waals surface area contributed by atoms with E-state index in [4.69, 9.17) is 0 Å². The van der Waals surface area contributed by atoms with Crippen molar-refractivity contribution in [1.82, 2.24) is 0 Å². The fourth-order valence-electron chi connectivity index (χ4n) is 0.579. The molecule has 33 valence electrons. The molecule has 0 aromatic heterocycles. The van der Waals surface area contributed by atoms with Gasteiger partial charge in [0, 0.05) is 5.92 Å². The smallest absolute Gasteiger partial charge is 0.000132 e. The molecular formula is C6H9. The Labute approximate surface area is 38.9 Å². The minimum absolute atomic E-state index is 0.863. The van der Waals surface area contributed by atoms with Crippen LogP contribution in [0.3, 0.4) is 0 Å². The largest absolute Gasteiger partial charge is 0.102 e. The molecule has 0 saturated heterocycles. The molecule has 1 fully saturated rings. The summed E-state index contributed by atoms with van der Waals surface area (Å²) in [4.78, 5) is 0. The molecule has 0 bridgehead atoms. The van der Waals surface area contributed by atoms with E-state index in [1.54, 1.807) is 0 Å². The lowest BCUT2D eigenvalue weighted by atomic mass is 10.3. The summed E-state index contributed by atoms with van der Waals surface area (Å²) < 4.78 is 0. The molecule has 0 aliphatic heterocycles. The van der Waals surface area contributed by atoms with E-state index in [0.717, 1.165) is 5.92 Å². The van der Waals surface area contributed by atoms with Crippen LogP contribution in [-0.4, -0.2) is 0 Å². The molecule has 6 heavy (non-hydrogen) atoms. The summed E-state index contributed by atoms with van der Waals surface area (Å²) in [6.07, 6.45) is 3.26. The van der Waals surface area contributed by atoms with Crippen LogP contribution in [0.1, 0.15) is 13.3 Å². The van der Waals surface area contributed by atoms with Gasteiger partial charge in [0.25, 0.3) is 0 Å². The maximum absolute atomic E-state index is 3.64. The first kappa shape index (κ1) is 3.91. The molecule has 1 radical (unpaired) electrons. The second kappa shape index (κ2) is 1.11. The summed E-state index contributed by atoms with van der Waals surface area (Å²) in [5.41, 5.74) is 0. The van der Waals surface area contributed by atoms with Crippen LogP contribution in [-0.2, 0) is 0 Å². The Morgan fingerprint density at radius 2 is 2.50 bits per heavy atom. The van der Waals surface area contributed by atoms with Crippen LogP contribution in [0.2, 0.25) is 0 Å². The molecule has 0 aromatic rings. The van der Waals surface area contributed by atoms with Crippen molar-refractivity contribution in [2.75, 3.05) is 0 Å². The van der Waals surface area contributed by atoms with E-state index in [0.29, 0.717) is 0 Å². The zero-order valence-electron chi connectivity index (χ0n) is 4.07. The fraction of sp³-hybridized carbons (Fsp3) is 0.500. The quantitative estimate of drug-likeness (QED) is 0.451. The molecule has 1 aliphatic rings. The van der Waals surface area contributed by atoms with Gasteiger partial charge in [-0.05, 0) is 12.3 Å². The van der Waals surface area contributed by atoms with Gasteiger partial charge in [-0.3, -0.25) is 0 Å². The summed E-state index contributed by atoms with van der Waals surface area (Å²) in [7, 11) is 0. The van der Waals surface area contributed by atoms with E-state index < -0.39 is 0 Å². The van der Waals surface area contributed by atoms with Crippen molar-refractivity contribution < 1.29 is 0 Å². The normalized spacial score (nSPS) is 33.2. The molecule has 1 aliphatic carbocycles. The van der Waals surface area contributed by atoms with Gasteiger partial charge in [-0.15, -0.1) is 6.58 Å². The Morgan fingerprint density at radius 1 is 2.00 bits per heavy atom. The van der Waals surface area contributed by atoms with Crippen LogP contribution in [0.25, 0.3) is 0 Å². The first-order valence-corrected chi connectivity index (χ1v) is 2.32. The number of hydrogen-bond donors (Lipinski definition) is 0. The van der Waals surface area contributed by atoms with E-state index >= 15 is 0 Å². The highest BCUT2D eigenvalue weighted by atomic mass is 14.3. The van der Waals surface area contributed by atoms with Gasteiger partial charge in [-0.2, -0.15) is 0 Å². The predicted molar refractivity (Wildman–Crippen MR) is 27.2 cm³/mol. The Morgan fingerprint density at radius 3 is 2.50 bits per heavy atom.